The fourth-order valence-electron chi connectivity index (χ4n) is 3.77. The first-order valence-electron chi connectivity index (χ1n) is 12.0. The lowest BCUT2D eigenvalue weighted by molar-refractivity contribution is -0.171. The van der Waals surface area contributed by atoms with E-state index in [0.29, 0.717) is 5.56 Å². The molecule has 0 amide bonds. The summed E-state index contributed by atoms with van der Waals surface area (Å²) in [6.45, 7) is 6.65. The molecular weight excluding hydrogens is 536 g/mol. The number of anilines is 1. The average Bonchev–Trinajstić information content (AvgIpc) is 2.95. The molecule has 0 aliphatic carbocycles. The van der Waals surface area contributed by atoms with E-state index in [1.54, 1.807) is 12.1 Å². The SMILES string of the molecule is C=CCOC(=O)C(CC(=O)c1ccc(NS(=O)(=O)c2ccc(O)cc2)cc1)(Cc1cccnc1)C(=O)OCC=C. The number of hydrogen-bond acceptors (Lipinski definition) is 9. The lowest BCUT2D eigenvalue weighted by atomic mass is 9.76. The number of benzene rings is 2. The first-order chi connectivity index (χ1) is 19.1. The number of esters is 2. The van der Waals surface area contributed by atoms with Crippen molar-refractivity contribution in [2.45, 2.75) is 17.7 Å². The molecule has 0 aliphatic heterocycles. The summed E-state index contributed by atoms with van der Waals surface area (Å²) in [5, 5.41) is 9.39. The van der Waals surface area contributed by atoms with Crippen molar-refractivity contribution in [3.8, 4) is 5.75 Å². The van der Waals surface area contributed by atoms with Gasteiger partial charge in [-0.2, -0.15) is 0 Å². The summed E-state index contributed by atoms with van der Waals surface area (Å²) >= 11 is 0. The Morgan fingerprint density at radius 3 is 2.05 bits per heavy atom. The van der Waals surface area contributed by atoms with Crippen LogP contribution in [0.25, 0.3) is 0 Å². The van der Waals surface area contributed by atoms with Crippen LogP contribution in [-0.4, -0.2) is 49.4 Å². The lowest BCUT2D eigenvalue weighted by Crippen LogP contribution is -2.45. The molecular formula is C29H28N2O8S. The number of phenolic OH excluding ortho intramolecular Hbond substituents is 1. The van der Waals surface area contributed by atoms with Gasteiger partial charge >= 0.3 is 11.9 Å². The molecule has 2 N–H and O–H groups in total. The highest BCUT2D eigenvalue weighted by Crippen LogP contribution is 2.33. The van der Waals surface area contributed by atoms with Crippen molar-refractivity contribution >= 4 is 33.4 Å². The van der Waals surface area contributed by atoms with Gasteiger partial charge in [-0.05, 0) is 60.2 Å². The van der Waals surface area contributed by atoms with Crippen LogP contribution in [-0.2, 0) is 35.5 Å². The number of sulfonamides is 1. The number of Topliss-reactive ketones (excluding diaryl/α,β-unsaturated/α-hetero) is 1. The number of aromatic nitrogens is 1. The maximum Gasteiger partial charge on any atom is 0.324 e. The van der Waals surface area contributed by atoms with Gasteiger partial charge in [0.15, 0.2) is 11.2 Å². The van der Waals surface area contributed by atoms with Crippen molar-refractivity contribution in [1.82, 2.24) is 4.98 Å². The average molecular weight is 565 g/mol. The molecule has 0 saturated carbocycles. The van der Waals surface area contributed by atoms with Crippen molar-refractivity contribution in [2.24, 2.45) is 5.41 Å². The minimum Gasteiger partial charge on any atom is -0.508 e. The van der Waals surface area contributed by atoms with Gasteiger partial charge in [-0.3, -0.25) is 24.1 Å². The van der Waals surface area contributed by atoms with E-state index < -0.39 is 39.6 Å². The summed E-state index contributed by atoms with van der Waals surface area (Å²) in [5.74, 6) is -2.58. The van der Waals surface area contributed by atoms with Crippen LogP contribution in [0, 0.1) is 5.41 Å². The second-order valence-electron chi connectivity index (χ2n) is 8.67. The summed E-state index contributed by atoms with van der Waals surface area (Å²) in [7, 11) is -3.96. The Hall–Kier alpha value is -4.77. The second kappa shape index (κ2) is 13.3. The van der Waals surface area contributed by atoms with Gasteiger partial charge in [-0.15, -0.1) is 0 Å². The predicted molar refractivity (Wildman–Crippen MR) is 147 cm³/mol. The van der Waals surface area contributed by atoms with E-state index in [1.165, 1.54) is 73.1 Å². The molecule has 40 heavy (non-hydrogen) atoms. The second-order valence-corrected chi connectivity index (χ2v) is 10.4. The number of phenols is 1. The first-order valence-corrected chi connectivity index (χ1v) is 13.5. The van der Waals surface area contributed by atoms with Crippen molar-refractivity contribution in [2.75, 3.05) is 17.9 Å². The molecule has 208 valence electrons. The topological polar surface area (TPSA) is 149 Å². The summed E-state index contributed by atoms with van der Waals surface area (Å²) < 4.78 is 38.1. The maximum absolute atomic E-state index is 13.4. The Kier molecular flexibility index (Phi) is 9.93. The number of nitrogens with zero attached hydrogens (tertiary/aromatic N) is 1. The van der Waals surface area contributed by atoms with Gasteiger partial charge in [-0.1, -0.05) is 31.4 Å². The maximum atomic E-state index is 13.4. The van der Waals surface area contributed by atoms with Gasteiger partial charge in [0.2, 0.25) is 0 Å². The molecule has 0 spiro atoms. The quantitative estimate of drug-likeness (QED) is 0.129. The number of rotatable bonds is 14. The number of ketones is 1. The molecule has 3 rings (SSSR count). The standard InChI is InChI=1S/C29H28N2O8S/c1-3-16-38-27(34)29(28(35)39-17-4-2,18-21-6-5-15-30-20-21)19-26(33)22-7-9-23(10-8-22)31-40(36,37)25-13-11-24(32)12-14-25/h3-15,20,31-32H,1-2,16-19H2. The number of carbonyl (C=O) groups excluding carboxylic acids is 3. The molecule has 0 unspecified atom stereocenters. The van der Waals surface area contributed by atoms with E-state index in [-0.39, 0.29) is 41.5 Å². The molecule has 1 aromatic heterocycles. The summed E-state index contributed by atoms with van der Waals surface area (Å²) in [6, 6.07) is 13.8. The van der Waals surface area contributed by atoms with Crippen molar-refractivity contribution in [3.05, 3.63) is 109 Å². The molecule has 0 radical (unpaired) electrons. The van der Waals surface area contributed by atoms with E-state index in [9.17, 15) is 27.9 Å². The number of hydrogen-bond donors (Lipinski definition) is 2. The monoisotopic (exact) mass is 564 g/mol. The third-order valence-electron chi connectivity index (χ3n) is 5.74. The summed E-state index contributed by atoms with van der Waals surface area (Å²) in [6.07, 6.45) is 4.86. The smallest absolute Gasteiger partial charge is 0.324 e. The van der Waals surface area contributed by atoms with E-state index in [2.05, 4.69) is 22.9 Å². The van der Waals surface area contributed by atoms with Crippen LogP contribution in [0.3, 0.4) is 0 Å². The fourth-order valence-corrected chi connectivity index (χ4v) is 4.83. The zero-order chi connectivity index (χ0) is 29.2. The molecule has 2 aromatic carbocycles. The molecule has 10 nitrogen and oxygen atoms in total. The van der Waals surface area contributed by atoms with E-state index in [4.69, 9.17) is 9.47 Å². The normalized spacial score (nSPS) is 11.2. The fraction of sp³-hybridized carbons (Fsp3) is 0.172. The highest BCUT2D eigenvalue weighted by molar-refractivity contribution is 7.92. The summed E-state index contributed by atoms with van der Waals surface area (Å²) in [4.78, 5) is 44.0. The number of carbonyl (C=O) groups is 3. The Labute approximate surface area is 232 Å². The Morgan fingerprint density at radius 1 is 0.925 bits per heavy atom. The Morgan fingerprint density at radius 2 is 1.52 bits per heavy atom. The zero-order valence-electron chi connectivity index (χ0n) is 21.5. The molecule has 0 saturated heterocycles. The Bertz CT molecular complexity index is 1440. The number of ether oxygens (including phenoxy) is 2. The zero-order valence-corrected chi connectivity index (χ0v) is 22.3. The van der Waals surface area contributed by atoms with Crippen LogP contribution in [0.4, 0.5) is 5.69 Å². The predicted octanol–water partition coefficient (Wildman–Crippen LogP) is 3.85. The molecule has 0 bridgehead atoms. The minimum atomic E-state index is -3.96. The highest BCUT2D eigenvalue weighted by atomic mass is 32.2. The largest absolute Gasteiger partial charge is 0.508 e. The van der Waals surface area contributed by atoms with Crippen LogP contribution in [0.5, 0.6) is 5.75 Å². The van der Waals surface area contributed by atoms with Gasteiger partial charge < -0.3 is 14.6 Å². The van der Waals surface area contributed by atoms with Crippen LogP contribution in [0.2, 0.25) is 0 Å². The molecule has 11 heteroatoms. The molecule has 3 aromatic rings. The minimum absolute atomic E-state index is 0.0679. The molecule has 0 aliphatic rings. The molecule has 0 fully saturated rings. The number of pyridine rings is 1. The Balaban J connectivity index is 1.90. The van der Waals surface area contributed by atoms with E-state index >= 15 is 0 Å². The highest BCUT2D eigenvalue weighted by Gasteiger charge is 2.50. The van der Waals surface area contributed by atoms with Crippen molar-refractivity contribution < 1.29 is 37.4 Å². The molecule has 1 heterocycles. The lowest BCUT2D eigenvalue weighted by Gasteiger charge is -2.28. The van der Waals surface area contributed by atoms with Gasteiger partial charge in [0.25, 0.3) is 10.0 Å². The van der Waals surface area contributed by atoms with Crippen LogP contribution in [0.1, 0.15) is 22.3 Å². The van der Waals surface area contributed by atoms with Gasteiger partial charge in [-0.25, -0.2) is 8.42 Å². The van der Waals surface area contributed by atoms with Gasteiger partial charge in [0, 0.05) is 36.5 Å². The van der Waals surface area contributed by atoms with Gasteiger partial charge in [0.1, 0.15) is 19.0 Å². The number of aromatic hydroxyl groups is 1. The van der Waals surface area contributed by atoms with Crippen molar-refractivity contribution in [3.63, 3.8) is 0 Å². The van der Waals surface area contributed by atoms with Gasteiger partial charge in [0.05, 0.1) is 4.90 Å². The first kappa shape index (κ1) is 29.8. The van der Waals surface area contributed by atoms with Crippen molar-refractivity contribution in [1.29, 1.82) is 0 Å². The van der Waals surface area contributed by atoms with Crippen LogP contribution in [0.15, 0.2) is 103 Å². The van der Waals surface area contributed by atoms with E-state index in [0.717, 1.165) is 0 Å². The van der Waals surface area contributed by atoms with Crippen LogP contribution < -0.4 is 4.72 Å². The third-order valence-corrected chi connectivity index (χ3v) is 7.14. The molecule has 0 atom stereocenters. The third kappa shape index (κ3) is 7.41. The summed E-state index contributed by atoms with van der Waals surface area (Å²) in [5.41, 5.74) is -1.25. The van der Waals surface area contributed by atoms with Crippen LogP contribution >= 0.6 is 0 Å². The van der Waals surface area contributed by atoms with E-state index in [1.807, 2.05) is 0 Å². The number of nitrogens with one attached hydrogen (secondary N) is 1.